The van der Waals surface area contributed by atoms with Crippen molar-refractivity contribution in [2.24, 2.45) is 0 Å². The third kappa shape index (κ3) is 2.21. The number of hydrogen-bond acceptors (Lipinski definition) is 5. The summed E-state index contributed by atoms with van der Waals surface area (Å²) in [6.45, 7) is 2.18. The van der Waals surface area contributed by atoms with Gasteiger partial charge in [-0.1, -0.05) is 0 Å². The maximum atomic E-state index is 11.1. The summed E-state index contributed by atoms with van der Waals surface area (Å²) in [5, 5.41) is 23.3. The normalized spacial score (nSPS) is 25.1. The molecule has 1 N–H and O–H groups in total. The molecule has 1 aromatic carbocycles. The van der Waals surface area contributed by atoms with Gasteiger partial charge in [0.1, 0.15) is 5.69 Å². The molecule has 2 unspecified atom stereocenters. The van der Waals surface area contributed by atoms with Crippen LogP contribution in [0.15, 0.2) is 18.2 Å². The molecular formula is C14H16N4O2. The van der Waals surface area contributed by atoms with Crippen LogP contribution in [0.1, 0.15) is 24.8 Å². The first-order chi connectivity index (χ1) is 9.69. The molecule has 0 bridgehead atoms. The van der Waals surface area contributed by atoms with Crippen molar-refractivity contribution in [3.05, 3.63) is 33.9 Å². The average Bonchev–Trinajstić information content (AvgIpc) is 3.03. The Hall–Kier alpha value is -2.13. The predicted molar refractivity (Wildman–Crippen MR) is 74.4 cm³/mol. The van der Waals surface area contributed by atoms with Crippen LogP contribution in [-0.2, 0) is 0 Å². The van der Waals surface area contributed by atoms with E-state index in [1.165, 1.54) is 18.6 Å². The number of fused-ring (bicyclic) bond motifs is 1. The van der Waals surface area contributed by atoms with E-state index in [2.05, 4.69) is 10.2 Å². The van der Waals surface area contributed by atoms with Crippen molar-refractivity contribution in [2.75, 3.05) is 18.4 Å². The van der Waals surface area contributed by atoms with Gasteiger partial charge in [-0.15, -0.1) is 0 Å². The highest BCUT2D eigenvalue weighted by Gasteiger charge is 2.37. The number of nitriles is 1. The summed E-state index contributed by atoms with van der Waals surface area (Å²) in [6.07, 6.45) is 3.34. The first-order valence-electron chi connectivity index (χ1n) is 6.88. The molecule has 0 saturated carbocycles. The Kier molecular flexibility index (Phi) is 3.28. The summed E-state index contributed by atoms with van der Waals surface area (Å²) < 4.78 is 0. The monoisotopic (exact) mass is 272 g/mol. The third-order valence-corrected chi connectivity index (χ3v) is 4.27. The Morgan fingerprint density at radius 3 is 3.00 bits per heavy atom. The van der Waals surface area contributed by atoms with Crippen LogP contribution < -0.4 is 5.32 Å². The van der Waals surface area contributed by atoms with E-state index < -0.39 is 4.92 Å². The lowest BCUT2D eigenvalue weighted by atomic mass is 10.1. The zero-order valence-corrected chi connectivity index (χ0v) is 11.1. The second-order valence-electron chi connectivity index (χ2n) is 5.39. The summed E-state index contributed by atoms with van der Waals surface area (Å²) in [6, 6.07) is 7.22. The Morgan fingerprint density at radius 1 is 1.40 bits per heavy atom. The molecule has 2 aliphatic rings. The van der Waals surface area contributed by atoms with Crippen molar-refractivity contribution >= 4 is 11.4 Å². The number of rotatable bonds is 3. The number of benzene rings is 1. The predicted octanol–water partition coefficient (Wildman–Crippen LogP) is 2.12. The fourth-order valence-electron chi connectivity index (χ4n) is 3.33. The number of nitrogens with zero attached hydrogens (tertiary/aromatic N) is 3. The second-order valence-corrected chi connectivity index (χ2v) is 5.39. The summed E-state index contributed by atoms with van der Waals surface area (Å²) in [5.41, 5.74) is 0.952. The smallest absolute Gasteiger partial charge is 0.292 e. The fourth-order valence-corrected chi connectivity index (χ4v) is 3.33. The van der Waals surface area contributed by atoms with Gasteiger partial charge in [-0.2, -0.15) is 5.26 Å². The van der Waals surface area contributed by atoms with Crippen molar-refractivity contribution in [1.29, 1.82) is 5.26 Å². The van der Waals surface area contributed by atoms with Gasteiger partial charge in [-0.05, 0) is 37.9 Å². The molecular weight excluding hydrogens is 256 g/mol. The van der Waals surface area contributed by atoms with Crippen LogP contribution in [-0.4, -0.2) is 35.0 Å². The highest BCUT2D eigenvalue weighted by molar-refractivity contribution is 5.65. The number of nitro benzene ring substituents is 1. The molecule has 0 spiro atoms. The van der Waals surface area contributed by atoms with E-state index in [1.54, 1.807) is 6.07 Å². The van der Waals surface area contributed by atoms with Crippen molar-refractivity contribution in [1.82, 2.24) is 4.90 Å². The molecule has 2 aliphatic heterocycles. The third-order valence-electron chi connectivity index (χ3n) is 4.27. The van der Waals surface area contributed by atoms with Gasteiger partial charge in [0.2, 0.25) is 0 Å². The molecule has 3 rings (SSSR count). The quantitative estimate of drug-likeness (QED) is 0.673. The molecule has 1 aromatic rings. The maximum absolute atomic E-state index is 11.1. The van der Waals surface area contributed by atoms with Crippen molar-refractivity contribution in [3.63, 3.8) is 0 Å². The topological polar surface area (TPSA) is 82.2 Å². The van der Waals surface area contributed by atoms with Crippen LogP contribution in [0, 0.1) is 21.4 Å². The van der Waals surface area contributed by atoms with Gasteiger partial charge >= 0.3 is 0 Å². The standard InChI is InChI=1S/C14H16N4O2/c15-9-10-3-4-14(18(19)20)12(8-10)16-11-5-7-17-6-1-2-13(11)17/h3-4,8,11,13,16H,1-2,5-7H2. The Morgan fingerprint density at radius 2 is 2.25 bits per heavy atom. The van der Waals surface area contributed by atoms with Crippen LogP contribution in [0.4, 0.5) is 11.4 Å². The molecule has 0 radical (unpaired) electrons. The van der Waals surface area contributed by atoms with E-state index in [0.717, 1.165) is 25.9 Å². The lowest BCUT2D eigenvalue weighted by molar-refractivity contribution is -0.384. The van der Waals surface area contributed by atoms with Crippen molar-refractivity contribution in [3.8, 4) is 6.07 Å². The number of anilines is 1. The first-order valence-corrected chi connectivity index (χ1v) is 6.88. The molecule has 0 aromatic heterocycles. The van der Waals surface area contributed by atoms with E-state index in [9.17, 15) is 10.1 Å². The largest absolute Gasteiger partial charge is 0.375 e. The Bertz CT molecular complexity index is 581. The molecule has 20 heavy (non-hydrogen) atoms. The van der Waals surface area contributed by atoms with E-state index in [-0.39, 0.29) is 11.7 Å². The second kappa shape index (κ2) is 5.10. The van der Waals surface area contributed by atoms with Crippen molar-refractivity contribution in [2.45, 2.75) is 31.3 Å². The average molecular weight is 272 g/mol. The minimum Gasteiger partial charge on any atom is -0.375 e. The van der Waals surface area contributed by atoms with E-state index in [1.807, 2.05) is 6.07 Å². The van der Waals surface area contributed by atoms with Crippen LogP contribution in [0.3, 0.4) is 0 Å². The lowest BCUT2D eigenvalue weighted by Crippen LogP contribution is -2.33. The molecule has 0 amide bonds. The van der Waals surface area contributed by atoms with Crippen molar-refractivity contribution < 1.29 is 4.92 Å². The van der Waals surface area contributed by atoms with E-state index in [0.29, 0.717) is 17.3 Å². The number of nitro groups is 1. The van der Waals surface area contributed by atoms with Gasteiger partial charge < -0.3 is 5.32 Å². The minimum absolute atomic E-state index is 0.0421. The van der Waals surface area contributed by atoms with Gasteiger partial charge in [-0.25, -0.2) is 0 Å². The summed E-state index contributed by atoms with van der Waals surface area (Å²) >= 11 is 0. The van der Waals surface area contributed by atoms with Crippen LogP contribution in [0.5, 0.6) is 0 Å². The molecule has 2 atom stereocenters. The Labute approximate surface area is 117 Å². The molecule has 6 heteroatoms. The fraction of sp³-hybridized carbons (Fsp3) is 0.500. The van der Waals surface area contributed by atoms with Crippen LogP contribution >= 0.6 is 0 Å². The molecule has 2 saturated heterocycles. The first kappa shape index (κ1) is 12.9. The van der Waals surface area contributed by atoms with Gasteiger partial charge in [-0.3, -0.25) is 15.0 Å². The highest BCUT2D eigenvalue weighted by Crippen LogP contribution is 2.33. The Balaban J connectivity index is 1.86. The highest BCUT2D eigenvalue weighted by atomic mass is 16.6. The summed E-state index contributed by atoms with van der Waals surface area (Å²) in [5.74, 6) is 0. The van der Waals surface area contributed by atoms with Gasteiger partial charge in [0.25, 0.3) is 5.69 Å². The van der Waals surface area contributed by atoms with Crippen LogP contribution in [0.2, 0.25) is 0 Å². The molecule has 6 nitrogen and oxygen atoms in total. The summed E-state index contributed by atoms with van der Waals surface area (Å²) in [7, 11) is 0. The molecule has 0 aliphatic carbocycles. The van der Waals surface area contributed by atoms with E-state index >= 15 is 0 Å². The zero-order chi connectivity index (χ0) is 14.1. The van der Waals surface area contributed by atoms with Gasteiger partial charge in [0.15, 0.2) is 0 Å². The molecule has 2 fully saturated rings. The minimum atomic E-state index is -0.398. The van der Waals surface area contributed by atoms with Gasteiger partial charge in [0, 0.05) is 24.7 Å². The molecule has 104 valence electrons. The molecule has 2 heterocycles. The number of hydrogen-bond donors (Lipinski definition) is 1. The van der Waals surface area contributed by atoms with E-state index in [4.69, 9.17) is 5.26 Å². The summed E-state index contributed by atoms with van der Waals surface area (Å²) in [4.78, 5) is 13.1. The van der Waals surface area contributed by atoms with Crippen LogP contribution in [0.25, 0.3) is 0 Å². The maximum Gasteiger partial charge on any atom is 0.292 e. The number of nitrogens with one attached hydrogen (secondary N) is 1. The van der Waals surface area contributed by atoms with Gasteiger partial charge in [0.05, 0.1) is 16.6 Å². The SMILES string of the molecule is N#Cc1ccc([N+](=O)[O-])c(NC2CCN3CCCC23)c1. The lowest BCUT2D eigenvalue weighted by Gasteiger charge is -2.22. The zero-order valence-electron chi connectivity index (χ0n) is 11.1.